The minimum absolute atomic E-state index is 0.275. The summed E-state index contributed by atoms with van der Waals surface area (Å²) in [6, 6.07) is 3.65. The molecule has 0 aliphatic heterocycles. The maximum absolute atomic E-state index is 9.74. The Morgan fingerprint density at radius 2 is 2.45 bits per heavy atom. The molecule has 0 saturated heterocycles. The number of hydrogen-bond donors (Lipinski definition) is 2. The van der Waals surface area contributed by atoms with Crippen molar-refractivity contribution in [1.29, 1.82) is 0 Å². The van der Waals surface area contributed by atoms with Crippen molar-refractivity contribution in [3.8, 4) is 0 Å². The topological polar surface area (TPSA) is 85.3 Å². The Hall–Kier alpha value is -1.70. The fraction of sp³-hybridized carbons (Fsp3) is 0.538. The molecule has 0 radical (unpaired) electrons. The standard InChI is InChI=1S/C13H20N4O3/c1-17-10-15-16-13(17)4-5-14-7-11(18)8-19-9-12-3-2-6-20-12/h2-3,6,10-11,14,18H,4-5,7-9H2,1H3. The van der Waals surface area contributed by atoms with Crippen molar-refractivity contribution in [1.82, 2.24) is 20.1 Å². The lowest BCUT2D eigenvalue weighted by Crippen LogP contribution is -2.31. The highest BCUT2D eigenvalue weighted by atomic mass is 16.5. The highest BCUT2D eigenvalue weighted by Gasteiger charge is 2.05. The van der Waals surface area contributed by atoms with E-state index >= 15 is 0 Å². The Kier molecular flexibility index (Phi) is 5.72. The van der Waals surface area contributed by atoms with Gasteiger partial charge in [-0.25, -0.2) is 0 Å². The number of nitrogens with zero attached hydrogens (tertiary/aromatic N) is 3. The minimum Gasteiger partial charge on any atom is -0.467 e. The molecule has 0 aromatic carbocycles. The highest BCUT2D eigenvalue weighted by molar-refractivity contribution is 4.96. The van der Waals surface area contributed by atoms with Crippen molar-refractivity contribution >= 4 is 0 Å². The highest BCUT2D eigenvalue weighted by Crippen LogP contribution is 2.01. The van der Waals surface area contributed by atoms with E-state index in [1.165, 1.54) is 0 Å². The average Bonchev–Trinajstić information content (AvgIpc) is 3.07. The third-order valence-electron chi connectivity index (χ3n) is 2.85. The van der Waals surface area contributed by atoms with E-state index in [1.54, 1.807) is 12.6 Å². The predicted octanol–water partition coefficient (Wildman–Crippen LogP) is 0.118. The molecule has 0 fully saturated rings. The van der Waals surface area contributed by atoms with Gasteiger partial charge in [0.15, 0.2) is 0 Å². The van der Waals surface area contributed by atoms with Crippen LogP contribution >= 0.6 is 0 Å². The molecule has 20 heavy (non-hydrogen) atoms. The zero-order valence-electron chi connectivity index (χ0n) is 11.5. The molecule has 1 unspecified atom stereocenters. The van der Waals surface area contributed by atoms with Gasteiger partial charge in [0.05, 0.1) is 19.0 Å². The van der Waals surface area contributed by atoms with E-state index in [-0.39, 0.29) is 6.61 Å². The van der Waals surface area contributed by atoms with E-state index in [0.29, 0.717) is 13.2 Å². The van der Waals surface area contributed by atoms with Gasteiger partial charge >= 0.3 is 0 Å². The monoisotopic (exact) mass is 280 g/mol. The molecule has 110 valence electrons. The zero-order valence-corrected chi connectivity index (χ0v) is 11.5. The number of ether oxygens (including phenoxy) is 1. The summed E-state index contributed by atoms with van der Waals surface area (Å²) in [5.74, 6) is 1.67. The number of aryl methyl sites for hydroxylation is 1. The fourth-order valence-electron chi connectivity index (χ4n) is 1.75. The molecule has 2 heterocycles. The van der Waals surface area contributed by atoms with Crippen LogP contribution in [0.5, 0.6) is 0 Å². The van der Waals surface area contributed by atoms with Crippen LogP contribution in [0.25, 0.3) is 0 Å². The first-order valence-electron chi connectivity index (χ1n) is 6.57. The van der Waals surface area contributed by atoms with Gasteiger partial charge in [-0.15, -0.1) is 10.2 Å². The van der Waals surface area contributed by atoms with E-state index in [1.807, 2.05) is 23.7 Å². The van der Waals surface area contributed by atoms with Crippen LogP contribution in [-0.2, 0) is 24.8 Å². The zero-order chi connectivity index (χ0) is 14.2. The maximum Gasteiger partial charge on any atom is 0.133 e. The Bertz CT molecular complexity index is 484. The van der Waals surface area contributed by atoms with Crippen molar-refractivity contribution in [2.24, 2.45) is 7.05 Å². The number of hydrogen-bond acceptors (Lipinski definition) is 6. The first-order chi connectivity index (χ1) is 9.75. The molecular weight excluding hydrogens is 260 g/mol. The molecule has 0 spiro atoms. The number of aromatic nitrogens is 3. The van der Waals surface area contributed by atoms with Crippen LogP contribution in [-0.4, -0.2) is 45.7 Å². The van der Waals surface area contributed by atoms with Gasteiger partial charge in [0, 0.05) is 26.6 Å². The normalized spacial score (nSPS) is 12.7. The third kappa shape index (κ3) is 4.76. The lowest BCUT2D eigenvalue weighted by molar-refractivity contribution is 0.0228. The molecule has 2 aromatic heterocycles. The molecule has 1 atom stereocenters. The molecule has 2 N–H and O–H groups in total. The second kappa shape index (κ2) is 7.78. The van der Waals surface area contributed by atoms with E-state index < -0.39 is 6.10 Å². The van der Waals surface area contributed by atoms with Crippen molar-refractivity contribution in [2.45, 2.75) is 19.1 Å². The number of nitrogens with one attached hydrogen (secondary N) is 1. The van der Waals surface area contributed by atoms with Gasteiger partial charge in [0.1, 0.15) is 24.5 Å². The summed E-state index contributed by atoms with van der Waals surface area (Å²) in [7, 11) is 1.91. The fourth-order valence-corrected chi connectivity index (χ4v) is 1.75. The van der Waals surface area contributed by atoms with Crippen LogP contribution in [0.2, 0.25) is 0 Å². The number of furan rings is 1. The average molecular weight is 280 g/mol. The predicted molar refractivity (Wildman–Crippen MR) is 71.9 cm³/mol. The number of aliphatic hydroxyl groups is 1. The molecule has 0 amide bonds. The second-order valence-corrected chi connectivity index (χ2v) is 4.56. The molecule has 0 bridgehead atoms. The lowest BCUT2D eigenvalue weighted by Gasteiger charge is -2.11. The summed E-state index contributed by atoms with van der Waals surface area (Å²) in [5.41, 5.74) is 0. The molecule has 2 aromatic rings. The van der Waals surface area contributed by atoms with Gasteiger partial charge < -0.3 is 24.1 Å². The molecule has 2 rings (SSSR count). The van der Waals surface area contributed by atoms with Gasteiger partial charge in [-0.2, -0.15) is 0 Å². The molecule has 0 aliphatic carbocycles. The minimum atomic E-state index is -0.538. The van der Waals surface area contributed by atoms with Crippen LogP contribution in [0.3, 0.4) is 0 Å². The molecule has 0 saturated carbocycles. The van der Waals surface area contributed by atoms with Crippen LogP contribution in [0, 0.1) is 0 Å². The number of rotatable bonds is 9. The van der Waals surface area contributed by atoms with Crippen molar-refractivity contribution < 1.29 is 14.3 Å². The summed E-state index contributed by atoms with van der Waals surface area (Å²) in [5, 5.41) is 20.7. The van der Waals surface area contributed by atoms with E-state index in [2.05, 4.69) is 15.5 Å². The van der Waals surface area contributed by atoms with Crippen LogP contribution in [0.4, 0.5) is 0 Å². The van der Waals surface area contributed by atoms with Gasteiger partial charge in [0.25, 0.3) is 0 Å². The van der Waals surface area contributed by atoms with E-state index in [4.69, 9.17) is 9.15 Å². The Morgan fingerprint density at radius 1 is 1.55 bits per heavy atom. The SMILES string of the molecule is Cn1cnnc1CCNCC(O)COCc1ccco1. The van der Waals surface area contributed by atoms with Gasteiger partial charge in [-0.3, -0.25) is 0 Å². The largest absolute Gasteiger partial charge is 0.467 e. The van der Waals surface area contributed by atoms with Gasteiger partial charge in [-0.1, -0.05) is 0 Å². The summed E-state index contributed by atoms with van der Waals surface area (Å²) in [4.78, 5) is 0. The molecule has 7 heteroatoms. The van der Waals surface area contributed by atoms with Crippen LogP contribution < -0.4 is 5.32 Å². The summed E-state index contributed by atoms with van der Waals surface area (Å²) >= 11 is 0. The summed E-state index contributed by atoms with van der Waals surface area (Å²) in [6.07, 6.45) is 3.51. The lowest BCUT2D eigenvalue weighted by atomic mass is 10.3. The van der Waals surface area contributed by atoms with E-state index in [0.717, 1.165) is 24.6 Å². The first kappa shape index (κ1) is 14.7. The Morgan fingerprint density at radius 3 is 3.15 bits per heavy atom. The van der Waals surface area contributed by atoms with Crippen LogP contribution in [0.1, 0.15) is 11.6 Å². The molecular formula is C13H20N4O3. The summed E-state index contributed by atoms with van der Waals surface area (Å²) < 4.78 is 12.4. The van der Waals surface area contributed by atoms with Crippen molar-refractivity contribution in [2.75, 3.05) is 19.7 Å². The summed E-state index contributed by atoms with van der Waals surface area (Å²) in [6.45, 7) is 1.87. The molecule has 0 aliphatic rings. The first-order valence-corrected chi connectivity index (χ1v) is 6.57. The Balaban J connectivity index is 1.52. The maximum atomic E-state index is 9.74. The number of aliphatic hydroxyl groups excluding tert-OH is 1. The van der Waals surface area contributed by atoms with Crippen molar-refractivity contribution in [3.05, 3.63) is 36.3 Å². The third-order valence-corrected chi connectivity index (χ3v) is 2.85. The Labute approximate surface area is 117 Å². The van der Waals surface area contributed by atoms with Gasteiger partial charge in [0.2, 0.25) is 0 Å². The van der Waals surface area contributed by atoms with E-state index in [9.17, 15) is 5.11 Å². The van der Waals surface area contributed by atoms with Gasteiger partial charge in [-0.05, 0) is 12.1 Å². The van der Waals surface area contributed by atoms with Crippen molar-refractivity contribution in [3.63, 3.8) is 0 Å². The quantitative estimate of drug-likeness (QED) is 0.635. The molecule has 7 nitrogen and oxygen atoms in total. The smallest absolute Gasteiger partial charge is 0.133 e. The second-order valence-electron chi connectivity index (χ2n) is 4.56. The van der Waals surface area contributed by atoms with Crippen LogP contribution in [0.15, 0.2) is 29.1 Å².